The molecule has 0 unspecified atom stereocenters. The predicted octanol–water partition coefficient (Wildman–Crippen LogP) is 3.16. The van der Waals surface area contributed by atoms with Crippen LogP contribution >= 0.6 is 0 Å². The molecule has 0 aliphatic rings. The van der Waals surface area contributed by atoms with Gasteiger partial charge in [0.15, 0.2) is 0 Å². The lowest BCUT2D eigenvalue weighted by Gasteiger charge is -2.09. The lowest BCUT2D eigenvalue weighted by molar-refractivity contribution is 0.274. The molecule has 0 saturated heterocycles. The van der Waals surface area contributed by atoms with Crippen molar-refractivity contribution in [3.05, 3.63) is 53.6 Å². The van der Waals surface area contributed by atoms with Gasteiger partial charge in [0.05, 0.1) is 13.7 Å². The van der Waals surface area contributed by atoms with Gasteiger partial charge in [-0.2, -0.15) is 0 Å². The summed E-state index contributed by atoms with van der Waals surface area (Å²) in [7, 11) is 1.62. The van der Waals surface area contributed by atoms with E-state index >= 15 is 0 Å². The number of hydrogen-bond acceptors (Lipinski definition) is 2. The lowest BCUT2D eigenvalue weighted by atomic mass is 10.0. The summed E-state index contributed by atoms with van der Waals surface area (Å²) in [6.07, 6.45) is 0. The van der Waals surface area contributed by atoms with Crippen LogP contribution in [0.25, 0.3) is 11.1 Å². The second kappa shape index (κ2) is 5.02. The van der Waals surface area contributed by atoms with Crippen molar-refractivity contribution in [2.75, 3.05) is 7.11 Å². The quantitative estimate of drug-likeness (QED) is 0.874. The van der Waals surface area contributed by atoms with E-state index in [1.165, 1.54) is 5.56 Å². The average molecular weight is 228 g/mol. The third-order valence-electron chi connectivity index (χ3n) is 2.84. The van der Waals surface area contributed by atoms with Gasteiger partial charge in [0.2, 0.25) is 0 Å². The predicted molar refractivity (Wildman–Crippen MR) is 69.1 cm³/mol. The summed E-state index contributed by atoms with van der Waals surface area (Å²) in [6, 6.07) is 14.2. The fourth-order valence-electron chi connectivity index (χ4n) is 1.80. The first-order valence-corrected chi connectivity index (χ1v) is 5.59. The number of aryl methyl sites for hydroxylation is 1. The van der Waals surface area contributed by atoms with Crippen molar-refractivity contribution < 1.29 is 9.84 Å². The van der Waals surface area contributed by atoms with Gasteiger partial charge < -0.3 is 9.84 Å². The van der Waals surface area contributed by atoms with Gasteiger partial charge in [0.25, 0.3) is 0 Å². The molecule has 0 aliphatic heterocycles. The Bertz CT molecular complexity index is 501. The number of ether oxygens (including phenoxy) is 1. The molecule has 1 N–H and O–H groups in total. The van der Waals surface area contributed by atoms with E-state index in [0.29, 0.717) is 0 Å². The molecule has 88 valence electrons. The number of aliphatic hydroxyl groups is 1. The molecule has 2 nitrogen and oxygen atoms in total. The molecule has 0 aromatic heterocycles. The number of aliphatic hydroxyl groups excluding tert-OH is 1. The van der Waals surface area contributed by atoms with E-state index < -0.39 is 0 Å². The summed E-state index contributed by atoms with van der Waals surface area (Å²) in [5.41, 5.74) is 4.30. The lowest BCUT2D eigenvalue weighted by Crippen LogP contribution is -1.92. The van der Waals surface area contributed by atoms with Crippen LogP contribution in [0.2, 0.25) is 0 Å². The zero-order chi connectivity index (χ0) is 12.3. The molecular weight excluding hydrogens is 212 g/mol. The van der Waals surface area contributed by atoms with Crippen LogP contribution in [0.4, 0.5) is 0 Å². The molecule has 0 atom stereocenters. The maximum absolute atomic E-state index is 9.17. The fourth-order valence-corrected chi connectivity index (χ4v) is 1.80. The standard InChI is InChI=1S/C15H16O2/c1-11-3-5-12(6-4-11)13-7-8-14(10-16)15(9-13)17-2/h3-9,16H,10H2,1-2H3. The van der Waals surface area contributed by atoms with Crippen LogP contribution in [0, 0.1) is 6.92 Å². The molecule has 17 heavy (non-hydrogen) atoms. The molecule has 2 rings (SSSR count). The maximum atomic E-state index is 9.17. The van der Waals surface area contributed by atoms with Crippen LogP contribution in [0.15, 0.2) is 42.5 Å². The average Bonchev–Trinajstić information content (AvgIpc) is 2.39. The Hall–Kier alpha value is -1.80. The highest BCUT2D eigenvalue weighted by Crippen LogP contribution is 2.27. The van der Waals surface area contributed by atoms with Gasteiger partial charge in [-0.3, -0.25) is 0 Å². The topological polar surface area (TPSA) is 29.5 Å². The fraction of sp³-hybridized carbons (Fsp3) is 0.200. The van der Waals surface area contributed by atoms with Crippen molar-refractivity contribution in [3.63, 3.8) is 0 Å². The van der Waals surface area contributed by atoms with E-state index in [9.17, 15) is 0 Å². The second-order valence-electron chi connectivity index (χ2n) is 4.05. The molecule has 0 heterocycles. The van der Waals surface area contributed by atoms with Crippen LogP contribution in [-0.4, -0.2) is 12.2 Å². The highest BCUT2D eigenvalue weighted by molar-refractivity contribution is 5.66. The molecule has 0 saturated carbocycles. The van der Waals surface area contributed by atoms with Gasteiger partial charge in [-0.15, -0.1) is 0 Å². The zero-order valence-electron chi connectivity index (χ0n) is 10.1. The van der Waals surface area contributed by atoms with Crippen molar-refractivity contribution in [2.45, 2.75) is 13.5 Å². The number of methoxy groups -OCH3 is 1. The second-order valence-corrected chi connectivity index (χ2v) is 4.05. The summed E-state index contributed by atoms with van der Waals surface area (Å²) < 4.78 is 5.26. The Morgan fingerprint density at radius 2 is 1.65 bits per heavy atom. The third-order valence-corrected chi connectivity index (χ3v) is 2.84. The van der Waals surface area contributed by atoms with Gasteiger partial charge in [0, 0.05) is 5.56 Å². The van der Waals surface area contributed by atoms with Gasteiger partial charge in [-0.1, -0.05) is 42.0 Å². The largest absolute Gasteiger partial charge is 0.496 e. The van der Waals surface area contributed by atoms with E-state index in [4.69, 9.17) is 9.84 Å². The van der Waals surface area contributed by atoms with E-state index in [1.807, 2.05) is 18.2 Å². The Morgan fingerprint density at radius 3 is 2.24 bits per heavy atom. The number of hydrogen-bond donors (Lipinski definition) is 1. The molecule has 0 aliphatic carbocycles. The molecule has 0 spiro atoms. The van der Waals surface area contributed by atoms with E-state index in [0.717, 1.165) is 22.4 Å². The van der Waals surface area contributed by atoms with Crippen LogP contribution < -0.4 is 4.74 Å². The summed E-state index contributed by atoms with van der Waals surface area (Å²) in [6.45, 7) is 2.07. The van der Waals surface area contributed by atoms with Crippen LogP contribution in [0.5, 0.6) is 5.75 Å². The minimum atomic E-state index is -0.00263. The number of rotatable bonds is 3. The maximum Gasteiger partial charge on any atom is 0.124 e. The minimum absolute atomic E-state index is 0.00263. The van der Waals surface area contributed by atoms with Crippen molar-refractivity contribution in [1.82, 2.24) is 0 Å². The van der Waals surface area contributed by atoms with Gasteiger partial charge in [-0.25, -0.2) is 0 Å². The van der Waals surface area contributed by atoms with Crippen LogP contribution in [0.3, 0.4) is 0 Å². The van der Waals surface area contributed by atoms with Crippen molar-refractivity contribution in [2.24, 2.45) is 0 Å². The highest BCUT2D eigenvalue weighted by Gasteiger charge is 2.04. The smallest absolute Gasteiger partial charge is 0.124 e. The third kappa shape index (κ3) is 2.48. The molecule has 2 aromatic carbocycles. The Labute approximate surface area is 101 Å². The van der Waals surface area contributed by atoms with E-state index in [1.54, 1.807) is 7.11 Å². The van der Waals surface area contributed by atoms with Crippen molar-refractivity contribution >= 4 is 0 Å². The van der Waals surface area contributed by atoms with E-state index in [-0.39, 0.29) is 6.61 Å². The summed E-state index contributed by atoms with van der Waals surface area (Å²) in [5, 5.41) is 9.17. The molecule has 0 radical (unpaired) electrons. The normalized spacial score (nSPS) is 10.3. The molecule has 0 fully saturated rings. The van der Waals surface area contributed by atoms with Crippen LogP contribution in [0.1, 0.15) is 11.1 Å². The summed E-state index contributed by atoms with van der Waals surface area (Å²) in [5.74, 6) is 0.727. The highest BCUT2D eigenvalue weighted by atomic mass is 16.5. The van der Waals surface area contributed by atoms with Gasteiger partial charge >= 0.3 is 0 Å². The molecule has 0 amide bonds. The van der Waals surface area contributed by atoms with Crippen molar-refractivity contribution in [1.29, 1.82) is 0 Å². The molecular formula is C15H16O2. The molecule has 0 bridgehead atoms. The van der Waals surface area contributed by atoms with Gasteiger partial charge in [-0.05, 0) is 24.1 Å². The number of benzene rings is 2. The molecule has 2 aromatic rings. The Kier molecular flexibility index (Phi) is 3.45. The van der Waals surface area contributed by atoms with Gasteiger partial charge in [0.1, 0.15) is 5.75 Å². The Balaban J connectivity index is 2.42. The molecule has 2 heteroatoms. The van der Waals surface area contributed by atoms with Crippen LogP contribution in [-0.2, 0) is 6.61 Å². The monoisotopic (exact) mass is 228 g/mol. The Morgan fingerprint density at radius 1 is 1.00 bits per heavy atom. The van der Waals surface area contributed by atoms with E-state index in [2.05, 4.69) is 31.2 Å². The zero-order valence-corrected chi connectivity index (χ0v) is 10.1. The SMILES string of the molecule is COc1cc(-c2ccc(C)cc2)ccc1CO. The minimum Gasteiger partial charge on any atom is -0.496 e. The summed E-state index contributed by atoms with van der Waals surface area (Å²) >= 11 is 0. The summed E-state index contributed by atoms with van der Waals surface area (Å²) in [4.78, 5) is 0. The first-order valence-electron chi connectivity index (χ1n) is 5.59. The van der Waals surface area contributed by atoms with Crippen molar-refractivity contribution in [3.8, 4) is 16.9 Å². The first kappa shape index (κ1) is 11.7. The first-order chi connectivity index (χ1) is 8.24.